The molecule has 0 unspecified atom stereocenters. The Kier molecular flexibility index (Phi) is 5.64. The van der Waals surface area contributed by atoms with Gasteiger partial charge in [0, 0.05) is 12.8 Å². The smallest absolute Gasteiger partial charge is 0.279 e. The number of amides is 1. The first kappa shape index (κ1) is 18.2. The Labute approximate surface area is 150 Å². The Morgan fingerprint density at radius 2 is 1.84 bits per heavy atom. The summed E-state index contributed by atoms with van der Waals surface area (Å²) in [5.41, 5.74) is 1.02. The number of carbonyl (C=O) groups is 1. The van der Waals surface area contributed by atoms with Crippen molar-refractivity contribution in [1.29, 1.82) is 0 Å². The summed E-state index contributed by atoms with van der Waals surface area (Å²) in [6.45, 7) is 2.56. The molecule has 3 rings (SSSR count). The van der Waals surface area contributed by atoms with E-state index in [2.05, 4.69) is 5.32 Å². The van der Waals surface area contributed by atoms with Crippen LogP contribution in [-0.2, 0) is 4.79 Å². The van der Waals surface area contributed by atoms with Crippen LogP contribution in [0.2, 0.25) is 0 Å². The highest BCUT2D eigenvalue weighted by molar-refractivity contribution is 5.81. The fraction of sp³-hybridized carbons (Fsp3) is 0.650. The van der Waals surface area contributed by atoms with Gasteiger partial charge in [-0.15, -0.1) is 0 Å². The second-order valence-corrected chi connectivity index (χ2v) is 7.53. The first-order valence-corrected chi connectivity index (χ1v) is 9.57. The number of hydroxylamine groups is 3. The molecule has 138 valence electrons. The fourth-order valence-corrected chi connectivity index (χ4v) is 4.48. The summed E-state index contributed by atoms with van der Waals surface area (Å²) in [5, 5.41) is 16.6. The second kappa shape index (κ2) is 7.75. The number of rotatable bonds is 5. The molecule has 2 aliphatic rings. The van der Waals surface area contributed by atoms with Crippen molar-refractivity contribution in [3.8, 4) is 5.75 Å². The minimum absolute atomic E-state index is 0.0820. The number of methoxy groups -OCH3 is 1. The minimum atomic E-state index is -0.441. The van der Waals surface area contributed by atoms with E-state index in [1.807, 2.05) is 31.2 Å². The summed E-state index contributed by atoms with van der Waals surface area (Å²) in [7, 11) is 1.64. The zero-order chi connectivity index (χ0) is 17.9. The third-order valence-electron chi connectivity index (χ3n) is 5.98. The van der Waals surface area contributed by atoms with Gasteiger partial charge in [-0.1, -0.05) is 18.6 Å². The molecule has 1 saturated carbocycles. The van der Waals surface area contributed by atoms with Gasteiger partial charge >= 0.3 is 0 Å². The number of carbonyl (C=O) groups excluding carboxylic acids is 1. The zero-order valence-corrected chi connectivity index (χ0v) is 15.4. The number of quaternary nitrogens is 1. The lowest BCUT2D eigenvalue weighted by Crippen LogP contribution is -2.59. The van der Waals surface area contributed by atoms with Crippen LogP contribution < -0.4 is 10.1 Å². The highest BCUT2D eigenvalue weighted by Crippen LogP contribution is 2.36. The van der Waals surface area contributed by atoms with Crippen LogP contribution in [0.25, 0.3) is 0 Å². The highest BCUT2D eigenvalue weighted by atomic mass is 16.6. The van der Waals surface area contributed by atoms with Crippen LogP contribution in [0.1, 0.15) is 63.5 Å². The molecule has 0 bridgehead atoms. The van der Waals surface area contributed by atoms with E-state index in [-0.39, 0.29) is 22.6 Å². The number of likely N-dealkylation sites (tertiary alicyclic amines) is 1. The lowest BCUT2D eigenvalue weighted by Gasteiger charge is -2.50. The van der Waals surface area contributed by atoms with Gasteiger partial charge < -0.3 is 19.9 Å². The van der Waals surface area contributed by atoms with Crippen LogP contribution in [0.15, 0.2) is 24.3 Å². The summed E-state index contributed by atoms with van der Waals surface area (Å²) < 4.78 is 4.88. The van der Waals surface area contributed by atoms with E-state index in [4.69, 9.17) is 4.74 Å². The van der Waals surface area contributed by atoms with E-state index in [0.717, 1.165) is 43.4 Å². The van der Waals surface area contributed by atoms with E-state index in [9.17, 15) is 10.0 Å². The number of ether oxygens (including phenoxy) is 1. The maximum atomic E-state index is 13.5. The van der Waals surface area contributed by atoms with E-state index in [1.54, 1.807) is 7.11 Å². The summed E-state index contributed by atoms with van der Waals surface area (Å²) in [6, 6.07) is 7.26. The quantitative estimate of drug-likeness (QED) is 0.653. The lowest BCUT2D eigenvalue weighted by molar-refractivity contribution is -0.909. The van der Waals surface area contributed by atoms with Crippen molar-refractivity contribution >= 4 is 5.91 Å². The van der Waals surface area contributed by atoms with Crippen LogP contribution in [0.4, 0.5) is 0 Å². The topological polar surface area (TPSA) is 61.4 Å². The fourth-order valence-electron chi connectivity index (χ4n) is 4.48. The molecule has 1 aromatic carbocycles. The number of nitrogens with zero attached hydrogens (tertiary/aromatic N) is 1. The van der Waals surface area contributed by atoms with Crippen molar-refractivity contribution in [2.24, 2.45) is 0 Å². The minimum Gasteiger partial charge on any atom is -0.632 e. The van der Waals surface area contributed by atoms with Gasteiger partial charge in [0.2, 0.25) is 0 Å². The molecule has 1 aliphatic carbocycles. The van der Waals surface area contributed by atoms with Gasteiger partial charge in [-0.05, 0) is 50.3 Å². The maximum Gasteiger partial charge on any atom is 0.279 e. The molecule has 1 saturated heterocycles. The molecular formula is C20H30N2O3. The highest BCUT2D eigenvalue weighted by Gasteiger charge is 2.45. The third kappa shape index (κ3) is 3.82. The van der Waals surface area contributed by atoms with E-state index >= 15 is 0 Å². The predicted octanol–water partition coefficient (Wildman–Crippen LogP) is 3.68. The summed E-state index contributed by atoms with van der Waals surface area (Å²) in [5.74, 6) is 0.715. The Bertz CT molecular complexity index is 583. The van der Waals surface area contributed by atoms with Crippen molar-refractivity contribution in [3.63, 3.8) is 0 Å². The molecule has 25 heavy (non-hydrogen) atoms. The Hall–Kier alpha value is -1.59. The van der Waals surface area contributed by atoms with Gasteiger partial charge in [0.15, 0.2) is 6.04 Å². The van der Waals surface area contributed by atoms with Crippen molar-refractivity contribution in [3.05, 3.63) is 35.0 Å². The van der Waals surface area contributed by atoms with E-state index in [1.165, 1.54) is 6.42 Å². The molecule has 0 spiro atoms. The number of nitrogens with one attached hydrogen (secondary N) is 1. The van der Waals surface area contributed by atoms with Crippen LogP contribution in [0.5, 0.6) is 5.75 Å². The largest absolute Gasteiger partial charge is 0.632 e. The van der Waals surface area contributed by atoms with Crippen LogP contribution >= 0.6 is 0 Å². The van der Waals surface area contributed by atoms with E-state index < -0.39 is 6.04 Å². The molecule has 1 N–H and O–H groups in total. The molecule has 5 heteroatoms. The maximum absolute atomic E-state index is 13.5. The third-order valence-corrected chi connectivity index (χ3v) is 5.98. The average molecular weight is 346 g/mol. The Morgan fingerprint density at radius 1 is 1.16 bits per heavy atom. The Balaban J connectivity index is 1.66. The molecule has 0 radical (unpaired) electrons. The second-order valence-electron chi connectivity index (χ2n) is 7.53. The van der Waals surface area contributed by atoms with Gasteiger partial charge in [0.05, 0.1) is 25.7 Å². The normalized spacial score (nSPS) is 28.5. The standard InChI is InChI=1S/C20H30N2O3/c1-15(16-10-12-18(25-2)13-11-16)21-20(23)19-9-6-14-22(19,24)17-7-4-3-5-8-17/h10-13,15,17,19H,3-9,14H2,1-2H3,(H,21,23)/t15-,19+,22-/m1/s1. The molecule has 0 aromatic heterocycles. The molecule has 5 nitrogen and oxygen atoms in total. The summed E-state index contributed by atoms with van der Waals surface area (Å²) >= 11 is 0. The predicted molar refractivity (Wildman–Crippen MR) is 97.9 cm³/mol. The van der Waals surface area contributed by atoms with E-state index in [0.29, 0.717) is 13.0 Å². The Morgan fingerprint density at radius 3 is 2.48 bits per heavy atom. The molecule has 1 amide bonds. The molecule has 1 aromatic rings. The summed E-state index contributed by atoms with van der Waals surface area (Å²) in [6.07, 6.45) is 6.99. The monoisotopic (exact) mass is 346 g/mol. The molecule has 2 fully saturated rings. The number of hydrogen-bond acceptors (Lipinski definition) is 3. The van der Waals surface area contributed by atoms with Crippen molar-refractivity contribution in [2.45, 2.75) is 70.0 Å². The van der Waals surface area contributed by atoms with Crippen molar-refractivity contribution in [1.82, 2.24) is 5.32 Å². The van der Waals surface area contributed by atoms with Crippen molar-refractivity contribution in [2.75, 3.05) is 13.7 Å². The van der Waals surface area contributed by atoms with Gasteiger partial charge in [-0.3, -0.25) is 4.79 Å². The average Bonchev–Trinajstić information content (AvgIpc) is 3.05. The van der Waals surface area contributed by atoms with Crippen LogP contribution in [-0.4, -0.2) is 36.3 Å². The lowest BCUT2D eigenvalue weighted by atomic mass is 9.93. The van der Waals surface area contributed by atoms with Gasteiger partial charge in [0.1, 0.15) is 5.75 Å². The van der Waals surface area contributed by atoms with Gasteiger partial charge in [0.25, 0.3) is 5.91 Å². The van der Waals surface area contributed by atoms with Crippen LogP contribution in [0, 0.1) is 5.21 Å². The number of benzene rings is 1. The molecular weight excluding hydrogens is 316 g/mol. The number of hydrogen-bond donors (Lipinski definition) is 1. The first-order valence-electron chi connectivity index (χ1n) is 9.57. The molecule has 1 aliphatic heterocycles. The zero-order valence-electron chi connectivity index (χ0n) is 15.4. The van der Waals surface area contributed by atoms with Crippen molar-refractivity contribution < 1.29 is 14.2 Å². The van der Waals surface area contributed by atoms with Gasteiger partial charge in [-0.25, -0.2) is 0 Å². The van der Waals surface area contributed by atoms with Crippen LogP contribution in [0.3, 0.4) is 0 Å². The SMILES string of the molecule is COc1ccc([C@@H](C)NC(=O)[C@@H]2CCC[N@@+]2([O-])C2CCCCC2)cc1. The first-order chi connectivity index (χ1) is 12.0. The van der Waals surface area contributed by atoms with Gasteiger partial charge in [-0.2, -0.15) is 0 Å². The molecule has 3 atom stereocenters. The molecule has 1 heterocycles. The summed E-state index contributed by atoms with van der Waals surface area (Å²) in [4.78, 5) is 12.9.